The van der Waals surface area contributed by atoms with E-state index in [4.69, 9.17) is 16.7 Å². The minimum absolute atomic E-state index is 0.215. The van der Waals surface area contributed by atoms with Gasteiger partial charge < -0.3 is 5.11 Å². The summed E-state index contributed by atoms with van der Waals surface area (Å²) in [5, 5.41) is 9.38. The fraction of sp³-hybridized carbons (Fsp3) is 0.429. The summed E-state index contributed by atoms with van der Waals surface area (Å²) >= 11 is 5.60. The highest BCUT2D eigenvalue weighted by Crippen LogP contribution is 2.01. The molecule has 0 aliphatic heterocycles. The van der Waals surface area contributed by atoms with Crippen molar-refractivity contribution in [1.29, 1.82) is 0 Å². The molecule has 0 radical (unpaired) electrons. The number of nitrogens with zero attached hydrogens (tertiary/aromatic N) is 2. The van der Waals surface area contributed by atoms with Crippen LogP contribution in [-0.4, -0.2) is 20.8 Å². The van der Waals surface area contributed by atoms with Crippen LogP contribution in [0.2, 0.25) is 5.02 Å². The Morgan fingerprint density at radius 1 is 1.83 bits per heavy atom. The quantitative estimate of drug-likeness (QED) is 0.725. The smallest absolute Gasteiger partial charge is 0.347 e. The van der Waals surface area contributed by atoms with Gasteiger partial charge in [-0.15, -0.1) is 0 Å². The molecule has 0 saturated carbocycles. The fourth-order valence-corrected chi connectivity index (χ4v) is 1.01. The first-order chi connectivity index (χ1) is 5.59. The maximum Gasteiger partial charge on any atom is 0.347 e. The van der Waals surface area contributed by atoms with Gasteiger partial charge in [-0.2, -0.15) is 0 Å². The Balaban J connectivity index is 2.98. The number of hydrogen-bond acceptors (Lipinski definition) is 3. The van der Waals surface area contributed by atoms with Gasteiger partial charge in [-0.25, -0.2) is 9.78 Å². The van der Waals surface area contributed by atoms with Crippen molar-refractivity contribution >= 4 is 11.6 Å². The number of aliphatic hydroxyl groups is 1. The van der Waals surface area contributed by atoms with E-state index in [1.165, 1.54) is 17.0 Å². The third kappa shape index (κ3) is 2.32. The molecule has 0 aliphatic carbocycles. The number of halogens is 1. The monoisotopic (exact) mass is 188 g/mol. The molecule has 0 saturated heterocycles. The lowest BCUT2D eigenvalue weighted by molar-refractivity contribution is 0.171. The first-order valence-corrected chi connectivity index (χ1v) is 3.87. The van der Waals surface area contributed by atoms with Crippen LogP contribution in [0, 0.1) is 0 Å². The van der Waals surface area contributed by atoms with Crippen LogP contribution in [0.5, 0.6) is 0 Å². The van der Waals surface area contributed by atoms with Crippen molar-refractivity contribution in [3.8, 4) is 0 Å². The normalized spacial score (nSPS) is 12.9. The third-order valence-corrected chi connectivity index (χ3v) is 1.48. The maximum absolute atomic E-state index is 11.0. The van der Waals surface area contributed by atoms with Gasteiger partial charge in [-0.3, -0.25) is 4.57 Å². The highest BCUT2D eigenvalue weighted by Gasteiger charge is 2.01. The Kier molecular flexibility index (Phi) is 2.83. The van der Waals surface area contributed by atoms with Gasteiger partial charge in [0.1, 0.15) is 0 Å². The highest BCUT2D eigenvalue weighted by atomic mass is 35.5. The predicted molar refractivity (Wildman–Crippen MR) is 45.2 cm³/mol. The molecular weight excluding hydrogens is 180 g/mol. The van der Waals surface area contributed by atoms with Crippen LogP contribution in [0.4, 0.5) is 0 Å². The summed E-state index contributed by atoms with van der Waals surface area (Å²) in [6, 6.07) is 0. The lowest BCUT2D eigenvalue weighted by Gasteiger charge is -2.06. The van der Waals surface area contributed by atoms with Gasteiger partial charge in [-0.05, 0) is 6.92 Å². The first-order valence-electron chi connectivity index (χ1n) is 3.49. The highest BCUT2D eigenvalue weighted by molar-refractivity contribution is 6.30. The number of hydrogen-bond donors (Lipinski definition) is 1. The zero-order valence-corrected chi connectivity index (χ0v) is 7.32. The van der Waals surface area contributed by atoms with Crippen molar-refractivity contribution in [1.82, 2.24) is 9.55 Å². The minimum atomic E-state index is -0.581. The van der Waals surface area contributed by atoms with Crippen molar-refractivity contribution in [3.63, 3.8) is 0 Å². The molecule has 66 valence electrons. The molecule has 12 heavy (non-hydrogen) atoms. The van der Waals surface area contributed by atoms with E-state index in [2.05, 4.69) is 4.98 Å². The summed E-state index contributed by atoms with van der Waals surface area (Å²) in [6.45, 7) is 1.81. The van der Waals surface area contributed by atoms with Crippen LogP contribution >= 0.6 is 11.6 Å². The molecular formula is C7H9ClN2O2. The zero-order chi connectivity index (χ0) is 9.14. The molecule has 0 fully saturated rings. The molecule has 1 unspecified atom stereocenters. The summed E-state index contributed by atoms with van der Waals surface area (Å²) in [5.74, 6) is 0. The maximum atomic E-state index is 11.0. The largest absolute Gasteiger partial charge is 0.392 e. The SMILES string of the molecule is CC(O)Cn1cc(Cl)cnc1=O. The Labute approximate surface area is 74.4 Å². The molecule has 0 amide bonds. The molecule has 0 bridgehead atoms. The van der Waals surface area contributed by atoms with Gasteiger partial charge in [0, 0.05) is 6.20 Å². The van der Waals surface area contributed by atoms with Gasteiger partial charge in [0.15, 0.2) is 0 Å². The molecule has 1 aromatic heterocycles. The Morgan fingerprint density at radius 2 is 2.50 bits per heavy atom. The van der Waals surface area contributed by atoms with Crippen molar-refractivity contribution in [3.05, 3.63) is 27.9 Å². The van der Waals surface area contributed by atoms with E-state index < -0.39 is 11.8 Å². The molecule has 1 aromatic rings. The van der Waals surface area contributed by atoms with E-state index in [0.29, 0.717) is 5.02 Å². The van der Waals surface area contributed by atoms with E-state index in [1.54, 1.807) is 6.92 Å². The van der Waals surface area contributed by atoms with Crippen LogP contribution in [0.25, 0.3) is 0 Å². The van der Waals surface area contributed by atoms with Gasteiger partial charge in [-0.1, -0.05) is 11.6 Å². The van der Waals surface area contributed by atoms with Crippen molar-refractivity contribution in [2.75, 3.05) is 0 Å². The molecule has 1 N–H and O–H groups in total. The van der Waals surface area contributed by atoms with Gasteiger partial charge in [0.25, 0.3) is 0 Å². The lowest BCUT2D eigenvalue weighted by atomic mass is 10.4. The topological polar surface area (TPSA) is 55.1 Å². The van der Waals surface area contributed by atoms with E-state index >= 15 is 0 Å². The molecule has 5 heteroatoms. The molecule has 4 nitrogen and oxygen atoms in total. The predicted octanol–water partition coefficient (Wildman–Crippen LogP) is 0.278. The molecule has 0 aromatic carbocycles. The summed E-state index contributed by atoms with van der Waals surface area (Å²) < 4.78 is 1.27. The van der Waals surface area contributed by atoms with E-state index in [1.807, 2.05) is 0 Å². The van der Waals surface area contributed by atoms with Crippen LogP contribution in [0.3, 0.4) is 0 Å². The second kappa shape index (κ2) is 3.69. The number of rotatable bonds is 2. The summed E-state index contributed by atoms with van der Waals surface area (Å²) in [5.41, 5.74) is -0.402. The summed E-state index contributed by atoms with van der Waals surface area (Å²) in [6.07, 6.45) is 2.15. The Hall–Kier alpha value is -0.870. The average Bonchev–Trinajstić information content (AvgIpc) is 1.96. The van der Waals surface area contributed by atoms with Crippen LogP contribution in [0.15, 0.2) is 17.2 Å². The number of aromatic nitrogens is 2. The fourth-order valence-electron chi connectivity index (χ4n) is 0.844. The number of aliphatic hydroxyl groups excluding tert-OH is 1. The van der Waals surface area contributed by atoms with Crippen molar-refractivity contribution in [2.24, 2.45) is 0 Å². The van der Waals surface area contributed by atoms with Crippen molar-refractivity contribution in [2.45, 2.75) is 19.6 Å². The molecule has 1 rings (SSSR count). The van der Waals surface area contributed by atoms with Crippen molar-refractivity contribution < 1.29 is 5.11 Å². The Bertz CT molecular complexity index is 321. The van der Waals surface area contributed by atoms with Gasteiger partial charge >= 0.3 is 5.69 Å². The van der Waals surface area contributed by atoms with Crippen LogP contribution in [0.1, 0.15) is 6.92 Å². The zero-order valence-electron chi connectivity index (χ0n) is 6.57. The lowest BCUT2D eigenvalue weighted by Crippen LogP contribution is -2.26. The molecule has 1 atom stereocenters. The Morgan fingerprint density at radius 3 is 3.08 bits per heavy atom. The van der Waals surface area contributed by atoms with E-state index in [0.717, 1.165) is 0 Å². The standard InChI is InChI=1S/C7H9ClN2O2/c1-5(11)3-10-4-6(8)2-9-7(10)12/h2,4-5,11H,3H2,1H3. The second-order valence-electron chi connectivity index (χ2n) is 2.56. The first kappa shape index (κ1) is 9.22. The third-order valence-electron chi connectivity index (χ3n) is 1.28. The van der Waals surface area contributed by atoms with Crippen LogP contribution in [-0.2, 0) is 6.54 Å². The second-order valence-corrected chi connectivity index (χ2v) is 2.99. The summed E-state index contributed by atoms with van der Waals surface area (Å²) in [7, 11) is 0. The summed E-state index contributed by atoms with van der Waals surface area (Å²) in [4.78, 5) is 14.5. The molecule has 1 heterocycles. The molecule has 0 aliphatic rings. The van der Waals surface area contributed by atoms with E-state index in [9.17, 15) is 4.79 Å². The van der Waals surface area contributed by atoms with Gasteiger partial charge in [0.05, 0.1) is 23.9 Å². The van der Waals surface area contributed by atoms with Crippen LogP contribution < -0.4 is 5.69 Å². The minimum Gasteiger partial charge on any atom is -0.392 e. The van der Waals surface area contributed by atoms with E-state index in [-0.39, 0.29) is 6.54 Å². The average molecular weight is 189 g/mol. The van der Waals surface area contributed by atoms with Gasteiger partial charge in [0.2, 0.25) is 0 Å². The molecule has 0 spiro atoms.